The second-order valence-corrected chi connectivity index (χ2v) is 8.18. The molecule has 1 saturated heterocycles. The van der Waals surface area contributed by atoms with Crippen molar-refractivity contribution in [1.29, 1.82) is 0 Å². The molecule has 1 aliphatic rings. The topological polar surface area (TPSA) is 53.2 Å². The number of sulfonamides is 1. The first kappa shape index (κ1) is 15.4. The molecule has 3 aromatic rings. The minimum atomic E-state index is -3.42. The molecule has 24 heavy (non-hydrogen) atoms. The molecule has 2 aromatic carbocycles. The molecule has 1 aliphatic heterocycles. The summed E-state index contributed by atoms with van der Waals surface area (Å²) in [5, 5.41) is 1.18. The number of rotatable bonds is 4. The summed E-state index contributed by atoms with van der Waals surface area (Å²) in [6, 6.07) is 16.9. The summed E-state index contributed by atoms with van der Waals surface area (Å²) >= 11 is 0. The quantitative estimate of drug-likeness (QED) is 0.789. The molecule has 0 amide bonds. The lowest BCUT2D eigenvalue weighted by atomic mass is 10.0. The number of hydrogen-bond donors (Lipinski definition) is 1. The number of fused-ring (bicyclic) bond motifs is 1. The first-order chi connectivity index (χ1) is 11.7. The lowest BCUT2D eigenvalue weighted by Crippen LogP contribution is -2.36. The average Bonchev–Trinajstić information content (AvgIpc) is 3.24. The van der Waals surface area contributed by atoms with Crippen LogP contribution < -0.4 is 0 Å². The number of benzene rings is 2. The fourth-order valence-electron chi connectivity index (χ4n) is 3.61. The van der Waals surface area contributed by atoms with Gasteiger partial charge in [0.15, 0.2) is 0 Å². The van der Waals surface area contributed by atoms with Gasteiger partial charge in [0.1, 0.15) is 0 Å². The van der Waals surface area contributed by atoms with Gasteiger partial charge in [0.2, 0.25) is 10.0 Å². The van der Waals surface area contributed by atoms with E-state index in [9.17, 15) is 8.42 Å². The van der Waals surface area contributed by atoms with Crippen LogP contribution in [0.25, 0.3) is 10.9 Å². The molecular weight excluding hydrogens is 320 g/mol. The number of aromatic nitrogens is 1. The smallest absolute Gasteiger partial charge is 0.243 e. The SMILES string of the molecule is O=S(=O)(c1ccccc1)N1CCCC1Cc1c[nH]c2ccccc12. The van der Waals surface area contributed by atoms with Crippen LogP contribution in [0.1, 0.15) is 18.4 Å². The molecule has 124 valence electrons. The van der Waals surface area contributed by atoms with Crippen LogP contribution in [0.15, 0.2) is 65.7 Å². The molecule has 0 saturated carbocycles. The highest BCUT2D eigenvalue weighted by molar-refractivity contribution is 7.89. The van der Waals surface area contributed by atoms with Crippen molar-refractivity contribution in [3.8, 4) is 0 Å². The zero-order valence-electron chi connectivity index (χ0n) is 13.4. The van der Waals surface area contributed by atoms with Gasteiger partial charge in [-0.25, -0.2) is 8.42 Å². The predicted molar refractivity (Wildman–Crippen MR) is 95.4 cm³/mol. The summed E-state index contributed by atoms with van der Waals surface area (Å²) in [7, 11) is -3.42. The molecule has 1 N–H and O–H groups in total. The number of H-pyrrole nitrogens is 1. The summed E-state index contributed by atoms with van der Waals surface area (Å²) in [6.45, 7) is 0.601. The van der Waals surface area contributed by atoms with Crippen molar-refractivity contribution in [2.24, 2.45) is 0 Å². The van der Waals surface area contributed by atoms with Crippen LogP contribution >= 0.6 is 0 Å². The van der Waals surface area contributed by atoms with Gasteiger partial charge >= 0.3 is 0 Å². The minimum Gasteiger partial charge on any atom is -0.361 e. The summed E-state index contributed by atoms with van der Waals surface area (Å²) in [4.78, 5) is 3.66. The van der Waals surface area contributed by atoms with Crippen LogP contribution in [0.2, 0.25) is 0 Å². The van der Waals surface area contributed by atoms with Crippen molar-refractivity contribution in [3.63, 3.8) is 0 Å². The van der Waals surface area contributed by atoms with Gasteiger partial charge < -0.3 is 4.98 Å². The first-order valence-electron chi connectivity index (χ1n) is 8.28. The van der Waals surface area contributed by atoms with Crippen molar-refractivity contribution in [2.45, 2.75) is 30.2 Å². The van der Waals surface area contributed by atoms with E-state index in [1.54, 1.807) is 28.6 Å². The molecule has 4 nitrogen and oxygen atoms in total. The Kier molecular flexibility index (Phi) is 3.90. The monoisotopic (exact) mass is 340 g/mol. The van der Waals surface area contributed by atoms with Gasteiger partial charge in [-0.1, -0.05) is 36.4 Å². The molecule has 1 aromatic heterocycles. The van der Waals surface area contributed by atoms with E-state index in [2.05, 4.69) is 11.1 Å². The van der Waals surface area contributed by atoms with E-state index in [1.165, 1.54) is 10.9 Å². The standard InChI is InChI=1S/C19H20N2O2S/c22-24(23,17-8-2-1-3-9-17)21-12-6-7-16(21)13-15-14-20-19-11-5-4-10-18(15)19/h1-5,8-11,14,16,20H,6-7,12-13H2. The van der Waals surface area contributed by atoms with E-state index in [0.717, 1.165) is 24.8 Å². The normalized spacial score (nSPS) is 19.1. The summed E-state index contributed by atoms with van der Waals surface area (Å²) < 4.78 is 27.6. The summed E-state index contributed by atoms with van der Waals surface area (Å²) in [5.41, 5.74) is 2.29. The molecule has 2 heterocycles. The highest BCUT2D eigenvalue weighted by atomic mass is 32.2. The lowest BCUT2D eigenvalue weighted by molar-refractivity contribution is 0.386. The Morgan fingerprint density at radius 1 is 1.04 bits per heavy atom. The average molecular weight is 340 g/mol. The van der Waals surface area contributed by atoms with Gasteiger partial charge in [0.25, 0.3) is 0 Å². The van der Waals surface area contributed by atoms with E-state index >= 15 is 0 Å². The summed E-state index contributed by atoms with van der Waals surface area (Å²) in [6.07, 6.45) is 4.58. The number of nitrogens with zero attached hydrogens (tertiary/aromatic N) is 1. The predicted octanol–water partition coefficient (Wildman–Crippen LogP) is 3.56. The lowest BCUT2D eigenvalue weighted by Gasteiger charge is -2.24. The van der Waals surface area contributed by atoms with Crippen molar-refractivity contribution >= 4 is 20.9 Å². The largest absolute Gasteiger partial charge is 0.361 e. The van der Waals surface area contributed by atoms with Gasteiger partial charge in [-0.05, 0) is 43.0 Å². The van der Waals surface area contributed by atoms with Crippen LogP contribution in [0.4, 0.5) is 0 Å². The Morgan fingerprint density at radius 3 is 2.62 bits per heavy atom. The second-order valence-electron chi connectivity index (χ2n) is 6.29. The van der Waals surface area contributed by atoms with E-state index < -0.39 is 10.0 Å². The van der Waals surface area contributed by atoms with E-state index in [1.807, 2.05) is 30.5 Å². The molecule has 0 spiro atoms. The van der Waals surface area contributed by atoms with Crippen LogP contribution in [-0.2, 0) is 16.4 Å². The fraction of sp³-hybridized carbons (Fsp3) is 0.263. The molecule has 1 atom stereocenters. The van der Waals surface area contributed by atoms with Crippen LogP contribution in [-0.4, -0.2) is 30.3 Å². The first-order valence-corrected chi connectivity index (χ1v) is 9.72. The maximum Gasteiger partial charge on any atom is 0.243 e. The van der Waals surface area contributed by atoms with Crippen molar-refractivity contribution in [1.82, 2.24) is 9.29 Å². The fourth-order valence-corrected chi connectivity index (χ4v) is 5.33. The highest BCUT2D eigenvalue weighted by Gasteiger charge is 2.35. The van der Waals surface area contributed by atoms with Gasteiger partial charge in [0.05, 0.1) is 4.90 Å². The van der Waals surface area contributed by atoms with Crippen molar-refractivity contribution in [2.75, 3.05) is 6.54 Å². The van der Waals surface area contributed by atoms with Crippen LogP contribution in [0.5, 0.6) is 0 Å². The molecule has 1 unspecified atom stereocenters. The maximum atomic E-state index is 13.0. The van der Waals surface area contributed by atoms with Gasteiger partial charge in [-0.15, -0.1) is 0 Å². The molecule has 5 heteroatoms. The maximum absolute atomic E-state index is 13.0. The number of para-hydroxylation sites is 1. The number of aromatic amines is 1. The number of nitrogens with one attached hydrogen (secondary N) is 1. The van der Waals surface area contributed by atoms with Crippen LogP contribution in [0.3, 0.4) is 0 Å². The third-order valence-electron chi connectivity index (χ3n) is 4.80. The van der Waals surface area contributed by atoms with Gasteiger partial charge in [-0.2, -0.15) is 4.31 Å². The molecule has 1 fully saturated rings. The van der Waals surface area contributed by atoms with Crippen molar-refractivity contribution < 1.29 is 8.42 Å². The van der Waals surface area contributed by atoms with E-state index in [-0.39, 0.29) is 6.04 Å². The Labute approximate surface area is 142 Å². The Morgan fingerprint density at radius 2 is 1.79 bits per heavy atom. The molecule has 4 rings (SSSR count). The summed E-state index contributed by atoms with van der Waals surface area (Å²) in [5.74, 6) is 0. The van der Waals surface area contributed by atoms with Gasteiger partial charge in [0, 0.05) is 29.7 Å². The minimum absolute atomic E-state index is 0.0226. The zero-order chi connectivity index (χ0) is 16.6. The second kappa shape index (κ2) is 6.07. The highest BCUT2D eigenvalue weighted by Crippen LogP contribution is 2.30. The molecular formula is C19H20N2O2S. The molecule has 0 radical (unpaired) electrons. The van der Waals surface area contributed by atoms with Crippen molar-refractivity contribution in [3.05, 3.63) is 66.4 Å². The third kappa shape index (κ3) is 2.64. The number of hydrogen-bond acceptors (Lipinski definition) is 2. The zero-order valence-corrected chi connectivity index (χ0v) is 14.2. The van der Waals surface area contributed by atoms with Gasteiger partial charge in [-0.3, -0.25) is 0 Å². The van der Waals surface area contributed by atoms with Crippen LogP contribution in [0, 0.1) is 0 Å². The Balaban J connectivity index is 1.64. The molecule has 0 aliphatic carbocycles. The third-order valence-corrected chi connectivity index (χ3v) is 6.77. The van der Waals surface area contributed by atoms with E-state index in [0.29, 0.717) is 11.4 Å². The molecule has 0 bridgehead atoms. The van der Waals surface area contributed by atoms with E-state index in [4.69, 9.17) is 0 Å². The Bertz CT molecular complexity index is 948. The Hall–Kier alpha value is -2.11.